The fourth-order valence-electron chi connectivity index (χ4n) is 3.98. The van der Waals surface area contributed by atoms with E-state index in [4.69, 9.17) is 11.6 Å². The van der Waals surface area contributed by atoms with Crippen molar-refractivity contribution in [1.29, 1.82) is 0 Å². The number of hydrogen-bond donors (Lipinski definition) is 2. The number of fused-ring (bicyclic) bond motifs is 1. The summed E-state index contributed by atoms with van der Waals surface area (Å²) in [6.45, 7) is -1.03. The van der Waals surface area contributed by atoms with E-state index in [-0.39, 0.29) is 32.7 Å². The first-order valence-corrected chi connectivity index (χ1v) is 11.8. The maximum absolute atomic E-state index is 14.0. The third kappa shape index (κ3) is 4.91. The van der Waals surface area contributed by atoms with Gasteiger partial charge in [-0.25, -0.2) is 32.3 Å². The van der Waals surface area contributed by atoms with Crippen LogP contribution < -0.4 is 27.8 Å². The van der Waals surface area contributed by atoms with Crippen molar-refractivity contribution in [2.24, 2.45) is 7.05 Å². The second-order valence-electron chi connectivity index (χ2n) is 8.71. The fourth-order valence-corrected chi connectivity index (χ4v) is 4.19. The van der Waals surface area contributed by atoms with Gasteiger partial charge in [0.25, 0.3) is 11.1 Å². The second-order valence-corrected chi connectivity index (χ2v) is 9.11. The molecule has 15 heteroatoms. The average molecular weight is 572 g/mol. The van der Waals surface area contributed by atoms with Crippen LogP contribution in [0.5, 0.6) is 0 Å². The Balaban J connectivity index is 1.68. The summed E-state index contributed by atoms with van der Waals surface area (Å²) in [7, 11) is 1.49. The van der Waals surface area contributed by atoms with E-state index in [2.05, 4.69) is 20.3 Å². The lowest BCUT2D eigenvalue weighted by Crippen LogP contribution is -2.43. The van der Waals surface area contributed by atoms with Crippen molar-refractivity contribution < 1.29 is 13.2 Å². The predicted octanol–water partition coefficient (Wildman–Crippen LogP) is 2.25. The molecule has 0 aliphatic heterocycles. The summed E-state index contributed by atoms with van der Waals surface area (Å²) in [4.78, 5) is 61.7. The van der Waals surface area contributed by atoms with E-state index < -0.39 is 59.0 Å². The van der Waals surface area contributed by atoms with Gasteiger partial charge in [-0.2, -0.15) is 4.98 Å². The van der Waals surface area contributed by atoms with Crippen molar-refractivity contribution in [3.05, 3.63) is 124 Å². The third-order valence-corrected chi connectivity index (χ3v) is 6.33. The average Bonchev–Trinajstić information content (AvgIpc) is 2.91. The lowest BCUT2D eigenvalue weighted by atomic mass is 10.2. The van der Waals surface area contributed by atoms with E-state index in [9.17, 15) is 32.3 Å². The SMILES string of the molecule is Cn1cnc2cc(Cl)c(Nc3nc(=O)n(Cc4ccc[nH]c4=O)c(=O)n3Cc3cc(F)c(F)c(F)c3)cc2c1=O. The van der Waals surface area contributed by atoms with Gasteiger partial charge in [-0.15, -0.1) is 0 Å². The summed E-state index contributed by atoms with van der Waals surface area (Å²) < 4.78 is 44.2. The van der Waals surface area contributed by atoms with Gasteiger partial charge >= 0.3 is 11.4 Å². The number of rotatable bonds is 6. The van der Waals surface area contributed by atoms with Gasteiger partial charge in [0.2, 0.25) is 5.95 Å². The molecule has 0 saturated carbocycles. The highest BCUT2D eigenvalue weighted by Crippen LogP contribution is 2.28. The number of anilines is 2. The van der Waals surface area contributed by atoms with Gasteiger partial charge in [-0.3, -0.25) is 14.2 Å². The Hall–Kier alpha value is -4.98. The lowest BCUT2D eigenvalue weighted by molar-refractivity contribution is 0.444. The Kier molecular flexibility index (Phi) is 6.85. The summed E-state index contributed by atoms with van der Waals surface area (Å²) in [6, 6.07) is 6.99. The van der Waals surface area contributed by atoms with Crippen molar-refractivity contribution in [1.82, 2.24) is 28.7 Å². The van der Waals surface area contributed by atoms with Gasteiger partial charge in [0.05, 0.1) is 41.0 Å². The van der Waals surface area contributed by atoms with E-state index in [0.29, 0.717) is 16.7 Å². The summed E-state index contributed by atoms with van der Waals surface area (Å²) in [5, 5.41) is 2.93. The van der Waals surface area contributed by atoms with Crippen molar-refractivity contribution in [2.75, 3.05) is 5.32 Å². The van der Waals surface area contributed by atoms with Crippen LogP contribution in [0.25, 0.3) is 10.9 Å². The topological polar surface area (TPSA) is 137 Å². The number of aryl methyl sites for hydroxylation is 1. The standard InChI is InChI=1S/C25H17ClF3N7O4/c1-34-11-31-18-8-15(26)19(7-14(18)22(34)38)32-23-33-24(39)36(10-13-3-2-4-30-21(13)37)25(40)35(23)9-12-5-16(27)20(29)17(28)6-12/h2-8,11H,9-10H2,1H3,(H,30,37)(H,32,33,39). The van der Waals surface area contributed by atoms with E-state index in [1.165, 1.54) is 48.4 Å². The number of aromatic nitrogens is 6. The van der Waals surface area contributed by atoms with Crippen LogP contribution in [0, 0.1) is 17.5 Å². The zero-order chi connectivity index (χ0) is 28.7. The van der Waals surface area contributed by atoms with Gasteiger partial charge in [0.15, 0.2) is 17.5 Å². The number of halogens is 4. The van der Waals surface area contributed by atoms with E-state index in [1.807, 2.05) is 0 Å². The van der Waals surface area contributed by atoms with Crippen LogP contribution >= 0.6 is 11.6 Å². The molecule has 40 heavy (non-hydrogen) atoms. The highest BCUT2D eigenvalue weighted by Gasteiger charge is 2.19. The van der Waals surface area contributed by atoms with Crippen LogP contribution in [0.1, 0.15) is 11.1 Å². The molecule has 0 unspecified atom stereocenters. The Labute approximate surface area is 225 Å². The molecule has 11 nitrogen and oxygen atoms in total. The van der Waals surface area contributed by atoms with Crippen molar-refractivity contribution in [3.63, 3.8) is 0 Å². The number of aromatic amines is 1. The largest absolute Gasteiger partial charge is 0.355 e. The van der Waals surface area contributed by atoms with Gasteiger partial charge < -0.3 is 14.9 Å². The lowest BCUT2D eigenvalue weighted by Gasteiger charge is -2.17. The normalized spacial score (nSPS) is 11.2. The second kappa shape index (κ2) is 10.3. The number of benzene rings is 2. The van der Waals surface area contributed by atoms with Crippen LogP contribution in [-0.4, -0.2) is 28.7 Å². The zero-order valence-corrected chi connectivity index (χ0v) is 21.2. The maximum Gasteiger partial charge on any atom is 0.355 e. The Morgan fingerprint density at radius 1 is 1.00 bits per heavy atom. The number of pyridine rings is 1. The van der Waals surface area contributed by atoms with Crippen LogP contribution in [0.3, 0.4) is 0 Å². The van der Waals surface area contributed by atoms with Crippen molar-refractivity contribution in [2.45, 2.75) is 13.1 Å². The number of hydrogen-bond acceptors (Lipinski definition) is 7. The molecule has 0 spiro atoms. The third-order valence-electron chi connectivity index (χ3n) is 6.02. The molecule has 3 aromatic heterocycles. The minimum absolute atomic E-state index is 0.0490. The highest BCUT2D eigenvalue weighted by molar-refractivity contribution is 6.34. The monoisotopic (exact) mass is 571 g/mol. The molecule has 3 heterocycles. The van der Waals surface area contributed by atoms with Gasteiger partial charge in [0, 0.05) is 18.8 Å². The van der Waals surface area contributed by atoms with E-state index in [0.717, 1.165) is 4.57 Å². The quantitative estimate of drug-likeness (QED) is 0.298. The molecule has 0 saturated heterocycles. The molecular formula is C25H17ClF3N7O4. The van der Waals surface area contributed by atoms with Gasteiger partial charge in [-0.1, -0.05) is 17.7 Å². The summed E-state index contributed by atoms with van der Waals surface area (Å²) in [5.41, 5.74) is -2.79. The van der Waals surface area contributed by atoms with Gasteiger partial charge in [-0.05, 0) is 35.9 Å². The number of nitrogens with zero attached hydrogens (tertiary/aromatic N) is 5. The Morgan fingerprint density at radius 3 is 2.42 bits per heavy atom. The van der Waals surface area contributed by atoms with E-state index in [1.54, 1.807) is 0 Å². The van der Waals surface area contributed by atoms with E-state index >= 15 is 0 Å². The molecule has 5 rings (SSSR count). The highest BCUT2D eigenvalue weighted by atomic mass is 35.5. The summed E-state index contributed by atoms with van der Waals surface area (Å²) in [6.07, 6.45) is 2.68. The molecule has 0 amide bonds. The van der Waals surface area contributed by atoms with Crippen LogP contribution in [-0.2, 0) is 20.1 Å². The van der Waals surface area contributed by atoms with Crippen LogP contribution in [0.15, 0.2) is 68.1 Å². The molecule has 2 N–H and O–H groups in total. The molecule has 204 valence electrons. The summed E-state index contributed by atoms with van der Waals surface area (Å²) >= 11 is 6.36. The minimum Gasteiger partial charge on any atom is -0.329 e. The van der Waals surface area contributed by atoms with Crippen LogP contribution in [0.2, 0.25) is 5.02 Å². The van der Waals surface area contributed by atoms with Crippen molar-refractivity contribution in [3.8, 4) is 0 Å². The maximum atomic E-state index is 14.0. The smallest absolute Gasteiger partial charge is 0.329 e. The first-order chi connectivity index (χ1) is 19.0. The fraction of sp³-hybridized carbons (Fsp3) is 0.120. The summed E-state index contributed by atoms with van der Waals surface area (Å²) in [5.74, 6) is -5.08. The first-order valence-electron chi connectivity index (χ1n) is 11.5. The number of nitrogens with one attached hydrogen (secondary N) is 2. The zero-order valence-electron chi connectivity index (χ0n) is 20.4. The molecule has 2 aromatic carbocycles. The Morgan fingerprint density at radius 2 is 1.73 bits per heavy atom. The van der Waals surface area contributed by atoms with Crippen LogP contribution in [0.4, 0.5) is 24.8 Å². The molecule has 0 bridgehead atoms. The molecule has 0 aliphatic carbocycles. The molecule has 0 atom stereocenters. The molecule has 0 aliphatic rings. The molecule has 0 fully saturated rings. The molecule has 5 aromatic rings. The Bertz CT molecular complexity index is 2030. The van der Waals surface area contributed by atoms with Crippen molar-refractivity contribution >= 4 is 34.1 Å². The minimum atomic E-state index is -1.70. The predicted molar refractivity (Wildman–Crippen MR) is 140 cm³/mol. The first kappa shape index (κ1) is 26.6. The van der Waals surface area contributed by atoms with Gasteiger partial charge in [0.1, 0.15) is 0 Å². The molecule has 0 radical (unpaired) electrons. The molecular weight excluding hydrogens is 555 g/mol. The number of H-pyrrole nitrogens is 1.